The van der Waals surface area contributed by atoms with Crippen molar-refractivity contribution in [1.82, 2.24) is 5.32 Å². The smallest absolute Gasteiger partial charge is 0.322 e. The van der Waals surface area contributed by atoms with E-state index in [0.717, 1.165) is 57.8 Å². The number of allylic oxidation sites excluding steroid dienone is 4. The number of carboxylic acid groups (broad SMARTS) is 1. The molecule has 0 radical (unpaired) electrons. The van der Waals surface area contributed by atoms with E-state index in [1.165, 1.54) is 77.0 Å². The van der Waals surface area contributed by atoms with E-state index < -0.39 is 5.97 Å². The van der Waals surface area contributed by atoms with Crippen molar-refractivity contribution in [3.63, 3.8) is 0 Å². The van der Waals surface area contributed by atoms with E-state index in [9.17, 15) is 14.4 Å². The second kappa shape index (κ2) is 30.8. The Hall–Kier alpha value is -2.11. The molecule has 0 aliphatic rings. The van der Waals surface area contributed by atoms with Crippen LogP contribution in [0, 0.1) is 0 Å². The monoisotopic (exact) mass is 577 g/mol. The Kier molecular flexibility index (Phi) is 29.3. The Balaban J connectivity index is 3.69. The molecule has 0 fully saturated rings. The first kappa shape index (κ1) is 38.9. The predicted octanol–water partition coefficient (Wildman–Crippen LogP) is 9.61. The van der Waals surface area contributed by atoms with Crippen molar-refractivity contribution in [2.75, 3.05) is 6.54 Å². The Morgan fingerprint density at radius 3 is 1.76 bits per heavy atom. The third-order valence-corrected chi connectivity index (χ3v) is 7.38. The molecule has 0 saturated carbocycles. The van der Waals surface area contributed by atoms with Gasteiger partial charge in [-0.3, -0.25) is 14.4 Å². The van der Waals surface area contributed by atoms with E-state index in [0.29, 0.717) is 19.3 Å². The van der Waals surface area contributed by atoms with Gasteiger partial charge in [-0.25, -0.2) is 0 Å². The summed E-state index contributed by atoms with van der Waals surface area (Å²) in [5, 5.41) is 11.0. The second-order valence-electron chi connectivity index (χ2n) is 11.4. The van der Waals surface area contributed by atoms with Gasteiger partial charge < -0.3 is 15.2 Å². The zero-order valence-electron chi connectivity index (χ0n) is 26.6. The largest absolute Gasteiger partial charge is 0.480 e. The highest BCUT2D eigenvalue weighted by molar-refractivity contribution is 5.80. The minimum Gasteiger partial charge on any atom is -0.480 e. The molecule has 1 unspecified atom stereocenters. The third kappa shape index (κ3) is 30.7. The van der Waals surface area contributed by atoms with Crippen LogP contribution in [0.25, 0.3) is 0 Å². The fraction of sp³-hybridized carbons (Fsp3) is 0.800. The van der Waals surface area contributed by atoms with Gasteiger partial charge in [-0.2, -0.15) is 0 Å². The van der Waals surface area contributed by atoms with Gasteiger partial charge in [0.05, 0.1) is 0 Å². The minimum atomic E-state index is -1.03. The minimum absolute atomic E-state index is 0.0315. The molecule has 6 heteroatoms. The first-order valence-electron chi connectivity index (χ1n) is 17.0. The summed E-state index contributed by atoms with van der Waals surface area (Å²) in [7, 11) is 0. The topological polar surface area (TPSA) is 92.7 Å². The average molecular weight is 578 g/mol. The lowest BCUT2D eigenvalue weighted by Crippen LogP contribution is -2.28. The lowest BCUT2D eigenvalue weighted by Gasteiger charge is -2.18. The molecule has 0 aromatic carbocycles. The molecule has 0 aliphatic heterocycles. The number of nitrogens with one attached hydrogen (secondary N) is 1. The van der Waals surface area contributed by atoms with Crippen molar-refractivity contribution in [3.05, 3.63) is 24.3 Å². The molecule has 41 heavy (non-hydrogen) atoms. The van der Waals surface area contributed by atoms with Gasteiger partial charge in [0.1, 0.15) is 12.6 Å². The summed E-state index contributed by atoms with van der Waals surface area (Å²) in [6, 6.07) is 0. The Labute approximate surface area is 252 Å². The van der Waals surface area contributed by atoms with Crippen molar-refractivity contribution in [2.24, 2.45) is 0 Å². The first-order chi connectivity index (χ1) is 20.0. The predicted molar refractivity (Wildman–Crippen MR) is 171 cm³/mol. The van der Waals surface area contributed by atoms with Crippen LogP contribution in [0.1, 0.15) is 168 Å². The van der Waals surface area contributed by atoms with Gasteiger partial charge in [0.2, 0.25) is 5.91 Å². The maximum absolute atomic E-state index is 12.4. The fourth-order valence-corrected chi connectivity index (χ4v) is 4.82. The molecule has 2 N–H and O–H groups in total. The van der Waals surface area contributed by atoms with Crippen LogP contribution in [0.3, 0.4) is 0 Å². The standard InChI is InChI=1S/C35H63NO5/c1-3-5-7-8-9-10-11-12-13-14-15-16-17-18-19-20-21-22-26-30-35(40)41-32(27-6-4-2)28-24-23-25-29-33(37)36-31-34(38)39/h9-10,12-13,32H,3-8,11,14-31H2,1-2H3,(H,36,37)(H,38,39)/b10-9-,13-12-. The number of carboxylic acids is 1. The number of ether oxygens (including phenoxy) is 1. The number of carbonyl (C=O) groups is 3. The maximum atomic E-state index is 12.4. The number of esters is 1. The molecule has 0 aromatic rings. The number of hydrogen-bond donors (Lipinski definition) is 2. The van der Waals surface area contributed by atoms with E-state index >= 15 is 0 Å². The molecule has 0 aliphatic carbocycles. The number of carbonyl (C=O) groups excluding carboxylic acids is 2. The molecule has 0 bridgehead atoms. The summed E-state index contributed by atoms with van der Waals surface area (Å²) in [6.07, 6.45) is 34.9. The number of amides is 1. The van der Waals surface area contributed by atoms with Gasteiger partial charge in [0, 0.05) is 12.8 Å². The number of unbranched alkanes of at least 4 members (excludes halogenated alkanes) is 15. The lowest BCUT2D eigenvalue weighted by molar-refractivity contribution is -0.150. The fourth-order valence-electron chi connectivity index (χ4n) is 4.82. The number of aliphatic carboxylic acids is 1. The van der Waals surface area contributed by atoms with E-state index in [1.54, 1.807) is 0 Å². The van der Waals surface area contributed by atoms with E-state index in [-0.39, 0.29) is 24.5 Å². The number of hydrogen-bond acceptors (Lipinski definition) is 4. The Morgan fingerprint density at radius 2 is 1.15 bits per heavy atom. The van der Waals surface area contributed by atoms with Crippen LogP contribution < -0.4 is 5.32 Å². The van der Waals surface area contributed by atoms with Crippen LogP contribution in [-0.4, -0.2) is 35.6 Å². The van der Waals surface area contributed by atoms with Crippen LogP contribution in [0.5, 0.6) is 0 Å². The molecule has 238 valence electrons. The van der Waals surface area contributed by atoms with Gasteiger partial charge >= 0.3 is 11.9 Å². The summed E-state index contributed by atoms with van der Waals surface area (Å²) < 4.78 is 5.79. The van der Waals surface area contributed by atoms with Crippen molar-refractivity contribution in [2.45, 2.75) is 174 Å². The lowest BCUT2D eigenvalue weighted by atomic mass is 10.0. The average Bonchev–Trinajstić information content (AvgIpc) is 2.95. The summed E-state index contributed by atoms with van der Waals surface area (Å²) in [5.41, 5.74) is 0. The van der Waals surface area contributed by atoms with E-state index in [4.69, 9.17) is 9.84 Å². The number of rotatable bonds is 30. The van der Waals surface area contributed by atoms with Gasteiger partial charge in [0.15, 0.2) is 0 Å². The SMILES string of the molecule is CCCCC/C=C\C/C=C\CCCCCCCCCCCC(=O)OC(CCCC)CCCCCC(=O)NCC(=O)O. The summed E-state index contributed by atoms with van der Waals surface area (Å²) in [4.78, 5) is 34.5. The zero-order valence-corrected chi connectivity index (χ0v) is 26.6. The third-order valence-electron chi connectivity index (χ3n) is 7.38. The Bertz CT molecular complexity index is 688. The van der Waals surface area contributed by atoms with Crippen LogP contribution in [0.15, 0.2) is 24.3 Å². The van der Waals surface area contributed by atoms with Crippen molar-refractivity contribution < 1.29 is 24.2 Å². The van der Waals surface area contributed by atoms with Crippen LogP contribution >= 0.6 is 0 Å². The highest BCUT2D eigenvalue weighted by Crippen LogP contribution is 2.17. The summed E-state index contributed by atoms with van der Waals surface area (Å²) in [6.45, 7) is 4.06. The maximum Gasteiger partial charge on any atom is 0.322 e. The van der Waals surface area contributed by atoms with Crippen molar-refractivity contribution in [3.8, 4) is 0 Å². The van der Waals surface area contributed by atoms with Crippen LogP contribution in [0.2, 0.25) is 0 Å². The van der Waals surface area contributed by atoms with Gasteiger partial charge in [-0.05, 0) is 64.2 Å². The highest BCUT2D eigenvalue weighted by Gasteiger charge is 2.14. The van der Waals surface area contributed by atoms with Gasteiger partial charge in [-0.15, -0.1) is 0 Å². The molecule has 1 amide bonds. The highest BCUT2D eigenvalue weighted by atomic mass is 16.5. The molecular weight excluding hydrogens is 514 g/mol. The van der Waals surface area contributed by atoms with E-state index in [2.05, 4.69) is 43.5 Å². The van der Waals surface area contributed by atoms with Gasteiger partial charge in [0.25, 0.3) is 0 Å². The van der Waals surface area contributed by atoms with Crippen molar-refractivity contribution >= 4 is 17.8 Å². The molecular formula is C35H63NO5. The summed E-state index contributed by atoms with van der Waals surface area (Å²) >= 11 is 0. The molecule has 1 atom stereocenters. The van der Waals surface area contributed by atoms with E-state index in [1.807, 2.05) is 0 Å². The summed E-state index contributed by atoms with van der Waals surface area (Å²) in [5.74, 6) is -1.33. The normalized spacial score (nSPS) is 12.2. The Morgan fingerprint density at radius 1 is 0.634 bits per heavy atom. The van der Waals surface area contributed by atoms with Crippen LogP contribution in [0.4, 0.5) is 0 Å². The molecule has 0 spiro atoms. The molecule has 0 saturated heterocycles. The van der Waals surface area contributed by atoms with Crippen molar-refractivity contribution in [1.29, 1.82) is 0 Å². The quantitative estimate of drug-likeness (QED) is 0.0504. The molecule has 0 aromatic heterocycles. The first-order valence-corrected chi connectivity index (χ1v) is 17.0. The molecule has 0 heterocycles. The molecule has 6 nitrogen and oxygen atoms in total. The zero-order chi connectivity index (χ0) is 30.2. The second-order valence-corrected chi connectivity index (χ2v) is 11.4. The van der Waals surface area contributed by atoms with Gasteiger partial charge in [-0.1, -0.05) is 115 Å². The molecule has 0 rings (SSSR count). The van der Waals surface area contributed by atoms with Crippen LogP contribution in [-0.2, 0) is 19.1 Å².